The van der Waals surface area contributed by atoms with Crippen LogP contribution in [0.3, 0.4) is 0 Å². The van der Waals surface area contributed by atoms with Crippen LogP contribution in [-0.4, -0.2) is 20.5 Å². The van der Waals surface area contributed by atoms with Crippen molar-refractivity contribution < 1.29 is 4.79 Å². The first-order chi connectivity index (χ1) is 11.2. The zero-order valence-corrected chi connectivity index (χ0v) is 13.8. The van der Waals surface area contributed by atoms with E-state index in [-0.39, 0.29) is 5.91 Å². The smallest absolute Gasteiger partial charge is 0.261 e. The van der Waals surface area contributed by atoms with E-state index < -0.39 is 0 Å². The Kier molecular flexibility index (Phi) is 3.61. The first kappa shape index (κ1) is 14.4. The predicted octanol–water partition coefficient (Wildman–Crippen LogP) is 2.85. The molecule has 0 bridgehead atoms. The molecule has 0 aromatic carbocycles. The summed E-state index contributed by atoms with van der Waals surface area (Å²) >= 11 is 1.63. The van der Waals surface area contributed by atoms with Gasteiger partial charge in [0.1, 0.15) is 0 Å². The average Bonchev–Trinajstić information content (AvgIpc) is 3.16. The standard InChI is InChI=1S/C17H18N4OS/c1-11-5-6-13-12(8-11)9-14(23-13)17(22)18-10-16-20-19-15-4-2-3-7-21(15)16/h2-4,7,9,11H,5-6,8,10H2,1H3,(H,18,22). The molecule has 23 heavy (non-hydrogen) atoms. The van der Waals surface area contributed by atoms with Crippen LogP contribution < -0.4 is 5.32 Å². The second kappa shape index (κ2) is 5.77. The van der Waals surface area contributed by atoms with Gasteiger partial charge >= 0.3 is 0 Å². The topological polar surface area (TPSA) is 59.3 Å². The Morgan fingerprint density at radius 3 is 3.26 bits per heavy atom. The molecule has 1 amide bonds. The molecule has 3 aromatic rings. The van der Waals surface area contributed by atoms with Gasteiger partial charge in [-0.25, -0.2) is 0 Å². The van der Waals surface area contributed by atoms with Crippen LogP contribution in [0.5, 0.6) is 0 Å². The molecule has 5 nitrogen and oxygen atoms in total. The molecule has 0 saturated carbocycles. The van der Waals surface area contributed by atoms with Gasteiger partial charge in [0.15, 0.2) is 11.5 Å². The van der Waals surface area contributed by atoms with Crippen LogP contribution >= 0.6 is 11.3 Å². The molecule has 4 rings (SSSR count). The van der Waals surface area contributed by atoms with Crippen molar-refractivity contribution in [2.24, 2.45) is 5.92 Å². The van der Waals surface area contributed by atoms with Crippen molar-refractivity contribution in [1.82, 2.24) is 19.9 Å². The quantitative estimate of drug-likeness (QED) is 0.805. The summed E-state index contributed by atoms with van der Waals surface area (Å²) < 4.78 is 1.89. The van der Waals surface area contributed by atoms with Crippen LogP contribution in [0.4, 0.5) is 0 Å². The highest BCUT2D eigenvalue weighted by Gasteiger charge is 2.20. The van der Waals surface area contributed by atoms with E-state index in [1.807, 2.05) is 28.8 Å². The molecule has 1 N–H and O–H groups in total. The maximum atomic E-state index is 12.4. The summed E-state index contributed by atoms with van der Waals surface area (Å²) in [6.45, 7) is 2.65. The van der Waals surface area contributed by atoms with E-state index in [0.29, 0.717) is 6.54 Å². The number of hydrogen-bond donors (Lipinski definition) is 1. The van der Waals surface area contributed by atoms with Crippen molar-refractivity contribution in [2.75, 3.05) is 0 Å². The van der Waals surface area contributed by atoms with Crippen molar-refractivity contribution in [2.45, 2.75) is 32.7 Å². The van der Waals surface area contributed by atoms with Crippen molar-refractivity contribution in [1.29, 1.82) is 0 Å². The van der Waals surface area contributed by atoms with E-state index in [4.69, 9.17) is 0 Å². The highest BCUT2D eigenvalue weighted by Crippen LogP contribution is 2.32. The van der Waals surface area contributed by atoms with Gasteiger partial charge in [-0.1, -0.05) is 13.0 Å². The van der Waals surface area contributed by atoms with Crippen molar-refractivity contribution >= 4 is 22.9 Å². The second-order valence-corrected chi connectivity index (χ2v) is 7.27. The van der Waals surface area contributed by atoms with Gasteiger partial charge in [-0.3, -0.25) is 9.20 Å². The molecule has 0 fully saturated rings. The lowest BCUT2D eigenvalue weighted by Crippen LogP contribution is -2.23. The summed E-state index contributed by atoms with van der Waals surface area (Å²) in [5.41, 5.74) is 2.14. The van der Waals surface area contributed by atoms with Crippen molar-refractivity contribution in [3.63, 3.8) is 0 Å². The maximum absolute atomic E-state index is 12.4. The van der Waals surface area contributed by atoms with Crippen molar-refractivity contribution in [3.05, 3.63) is 51.6 Å². The minimum atomic E-state index is -0.0234. The van der Waals surface area contributed by atoms with E-state index in [9.17, 15) is 4.79 Å². The summed E-state index contributed by atoms with van der Waals surface area (Å²) in [7, 11) is 0. The van der Waals surface area contributed by atoms with E-state index >= 15 is 0 Å². The third kappa shape index (κ3) is 2.74. The van der Waals surface area contributed by atoms with Gasteiger partial charge in [0.25, 0.3) is 5.91 Å². The van der Waals surface area contributed by atoms with Crippen molar-refractivity contribution in [3.8, 4) is 0 Å². The number of amides is 1. The lowest BCUT2D eigenvalue weighted by atomic mass is 9.90. The number of nitrogens with zero attached hydrogens (tertiary/aromatic N) is 3. The van der Waals surface area contributed by atoms with Gasteiger partial charge < -0.3 is 5.32 Å². The van der Waals surface area contributed by atoms with Crippen LogP contribution in [0.2, 0.25) is 0 Å². The number of fused-ring (bicyclic) bond motifs is 2. The highest BCUT2D eigenvalue weighted by molar-refractivity contribution is 7.14. The molecule has 0 radical (unpaired) electrons. The molecule has 0 saturated heterocycles. The number of carbonyl (C=O) groups excluding carboxylic acids is 1. The van der Waals surface area contributed by atoms with Gasteiger partial charge in [-0.15, -0.1) is 21.5 Å². The van der Waals surface area contributed by atoms with Crippen LogP contribution in [0.25, 0.3) is 5.65 Å². The Hall–Kier alpha value is -2.21. The number of nitrogens with one attached hydrogen (secondary N) is 1. The zero-order valence-electron chi connectivity index (χ0n) is 13.0. The molecule has 3 aromatic heterocycles. The Labute approximate surface area is 138 Å². The molecule has 118 valence electrons. The Morgan fingerprint density at radius 2 is 2.35 bits per heavy atom. The van der Waals surface area contributed by atoms with Crippen LogP contribution in [0.1, 0.15) is 39.3 Å². The number of hydrogen-bond acceptors (Lipinski definition) is 4. The SMILES string of the molecule is CC1CCc2sc(C(=O)NCc3nnc4ccccn34)cc2C1. The van der Waals surface area contributed by atoms with Crippen LogP contribution in [-0.2, 0) is 19.4 Å². The predicted molar refractivity (Wildman–Crippen MR) is 89.7 cm³/mol. The molecule has 1 aliphatic rings. The van der Waals surface area contributed by atoms with E-state index in [0.717, 1.165) is 35.1 Å². The molecule has 0 aliphatic heterocycles. The highest BCUT2D eigenvalue weighted by atomic mass is 32.1. The van der Waals surface area contributed by atoms with E-state index in [2.05, 4.69) is 28.5 Å². The lowest BCUT2D eigenvalue weighted by Gasteiger charge is -2.16. The van der Waals surface area contributed by atoms with Gasteiger partial charge in [0.2, 0.25) is 0 Å². The summed E-state index contributed by atoms with van der Waals surface area (Å²) in [5, 5.41) is 11.2. The maximum Gasteiger partial charge on any atom is 0.261 e. The average molecular weight is 326 g/mol. The number of carbonyl (C=O) groups is 1. The van der Waals surface area contributed by atoms with Gasteiger partial charge in [0.05, 0.1) is 11.4 Å². The summed E-state index contributed by atoms with van der Waals surface area (Å²) in [6.07, 6.45) is 5.32. The fourth-order valence-electron chi connectivity index (χ4n) is 3.08. The lowest BCUT2D eigenvalue weighted by molar-refractivity contribution is 0.0954. The fourth-order valence-corrected chi connectivity index (χ4v) is 4.20. The second-order valence-electron chi connectivity index (χ2n) is 6.13. The van der Waals surface area contributed by atoms with E-state index in [1.165, 1.54) is 16.9 Å². The third-order valence-corrected chi connectivity index (χ3v) is 5.58. The molecule has 1 atom stereocenters. The van der Waals surface area contributed by atoms with E-state index in [1.54, 1.807) is 11.3 Å². The molecule has 6 heteroatoms. The van der Waals surface area contributed by atoms with Gasteiger partial charge in [0, 0.05) is 11.1 Å². The number of aryl methyl sites for hydroxylation is 1. The number of thiophene rings is 1. The third-order valence-electron chi connectivity index (χ3n) is 4.34. The Bertz CT molecular complexity index is 866. The van der Waals surface area contributed by atoms with Crippen LogP contribution in [0, 0.1) is 5.92 Å². The first-order valence-corrected chi connectivity index (χ1v) is 8.71. The first-order valence-electron chi connectivity index (χ1n) is 7.89. The summed E-state index contributed by atoms with van der Waals surface area (Å²) in [4.78, 5) is 14.6. The fraction of sp³-hybridized carbons (Fsp3) is 0.353. The molecule has 3 heterocycles. The number of aromatic nitrogens is 3. The largest absolute Gasteiger partial charge is 0.344 e. The Morgan fingerprint density at radius 1 is 1.43 bits per heavy atom. The molecule has 1 unspecified atom stereocenters. The Balaban J connectivity index is 1.48. The summed E-state index contributed by atoms with van der Waals surface area (Å²) in [6, 6.07) is 7.80. The minimum Gasteiger partial charge on any atom is -0.344 e. The molecule has 1 aliphatic carbocycles. The number of rotatable bonds is 3. The monoisotopic (exact) mass is 326 g/mol. The van der Waals surface area contributed by atoms with Gasteiger partial charge in [-0.05, 0) is 48.9 Å². The van der Waals surface area contributed by atoms with Gasteiger partial charge in [-0.2, -0.15) is 0 Å². The molecule has 0 spiro atoms. The normalized spacial score (nSPS) is 17.2. The minimum absolute atomic E-state index is 0.0234. The molecular weight excluding hydrogens is 308 g/mol. The molecular formula is C17H18N4OS. The summed E-state index contributed by atoms with van der Waals surface area (Å²) in [5.74, 6) is 1.43. The number of pyridine rings is 1. The van der Waals surface area contributed by atoms with Crippen LogP contribution in [0.15, 0.2) is 30.5 Å². The zero-order chi connectivity index (χ0) is 15.8.